The Labute approximate surface area is 172 Å². The summed E-state index contributed by atoms with van der Waals surface area (Å²) in [6.45, 7) is 4.95. The molecule has 0 unspecified atom stereocenters. The molecule has 1 atom stereocenters. The van der Waals surface area contributed by atoms with Crippen LogP contribution in [-0.4, -0.2) is 66.9 Å². The molecule has 2 aliphatic heterocycles. The van der Waals surface area contributed by atoms with Crippen molar-refractivity contribution < 1.29 is 18.0 Å². The molecule has 2 amide bonds. The molecule has 2 fully saturated rings. The van der Waals surface area contributed by atoms with E-state index in [4.69, 9.17) is 0 Å². The van der Waals surface area contributed by atoms with Crippen LogP contribution in [0.15, 0.2) is 12.1 Å². The number of aromatic nitrogens is 1. The number of sulfonamides is 1. The van der Waals surface area contributed by atoms with Crippen molar-refractivity contribution in [2.75, 3.05) is 32.4 Å². The lowest BCUT2D eigenvalue weighted by Crippen LogP contribution is -2.44. The van der Waals surface area contributed by atoms with Gasteiger partial charge in [-0.3, -0.25) is 14.6 Å². The van der Waals surface area contributed by atoms with Crippen LogP contribution in [0.25, 0.3) is 0 Å². The minimum Gasteiger partial charge on any atom is -0.355 e. The van der Waals surface area contributed by atoms with Crippen LogP contribution < -0.4 is 5.32 Å². The Bertz CT molecular complexity index is 878. The molecular weight excluding hydrogens is 392 g/mol. The van der Waals surface area contributed by atoms with Gasteiger partial charge in [0, 0.05) is 32.6 Å². The second-order valence-corrected chi connectivity index (χ2v) is 9.97. The van der Waals surface area contributed by atoms with Crippen LogP contribution >= 0.6 is 0 Å². The zero-order valence-corrected chi connectivity index (χ0v) is 18.2. The van der Waals surface area contributed by atoms with Crippen molar-refractivity contribution in [3.8, 4) is 0 Å². The van der Waals surface area contributed by atoms with Crippen molar-refractivity contribution in [3.05, 3.63) is 29.1 Å². The summed E-state index contributed by atoms with van der Waals surface area (Å²) in [7, 11) is -1.61. The summed E-state index contributed by atoms with van der Waals surface area (Å²) >= 11 is 0. The molecule has 3 heterocycles. The molecule has 3 rings (SSSR count). The molecule has 0 aliphatic carbocycles. The molecule has 2 saturated heterocycles. The quantitative estimate of drug-likeness (QED) is 0.775. The minimum atomic E-state index is -3.20. The first-order valence-electron chi connectivity index (χ1n) is 10.3. The fraction of sp³-hybridized carbons (Fsp3) is 0.650. The van der Waals surface area contributed by atoms with Crippen LogP contribution in [0.3, 0.4) is 0 Å². The van der Waals surface area contributed by atoms with Crippen LogP contribution in [0, 0.1) is 12.8 Å². The fourth-order valence-electron chi connectivity index (χ4n) is 4.28. The zero-order valence-electron chi connectivity index (χ0n) is 17.3. The number of hydrogen-bond acceptors (Lipinski definition) is 5. The van der Waals surface area contributed by atoms with Crippen molar-refractivity contribution in [2.45, 2.75) is 45.6 Å². The van der Waals surface area contributed by atoms with Crippen molar-refractivity contribution >= 4 is 21.8 Å². The largest absolute Gasteiger partial charge is 0.355 e. The highest BCUT2D eigenvalue weighted by atomic mass is 32.2. The Morgan fingerprint density at radius 1 is 1.17 bits per heavy atom. The number of aryl methyl sites for hydroxylation is 1. The van der Waals surface area contributed by atoms with E-state index < -0.39 is 10.0 Å². The lowest BCUT2D eigenvalue weighted by Gasteiger charge is -2.34. The third-order valence-electron chi connectivity index (χ3n) is 6.02. The van der Waals surface area contributed by atoms with Crippen LogP contribution in [0.2, 0.25) is 0 Å². The van der Waals surface area contributed by atoms with E-state index in [-0.39, 0.29) is 29.5 Å². The van der Waals surface area contributed by atoms with E-state index in [2.05, 4.69) is 10.3 Å². The summed E-state index contributed by atoms with van der Waals surface area (Å²) in [5.41, 5.74) is 2.00. The first kappa shape index (κ1) is 21.7. The van der Waals surface area contributed by atoms with Crippen molar-refractivity contribution in [1.82, 2.24) is 19.5 Å². The number of pyridine rings is 1. The number of carbonyl (C=O) groups excluding carboxylic acids is 2. The summed E-state index contributed by atoms with van der Waals surface area (Å²) in [6.07, 6.45) is 2.88. The van der Waals surface area contributed by atoms with Crippen LogP contribution in [0.4, 0.5) is 0 Å². The molecule has 1 N–H and O–H groups in total. The van der Waals surface area contributed by atoms with E-state index in [1.54, 1.807) is 27.0 Å². The fourth-order valence-corrected chi connectivity index (χ4v) is 5.41. The van der Waals surface area contributed by atoms with Crippen LogP contribution in [0.5, 0.6) is 0 Å². The second kappa shape index (κ2) is 8.79. The van der Waals surface area contributed by atoms with E-state index in [1.165, 1.54) is 4.31 Å². The molecular formula is C20H30N4O4S. The SMILES string of the molecule is CCS(=O)(=O)N1CCC(C(=O)N2CCC[C@H]2c2ccc(C(=O)NC)c(C)n2)CC1. The first-order valence-corrected chi connectivity index (χ1v) is 11.9. The van der Waals surface area contributed by atoms with Gasteiger partial charge in [-0.1, -0.05) is 0 Å². The maximum Gasteiger partial charge on any atom is 0.252 e. The molecule has 9 heteroatoms. The summed E-state index contributed by atoms with van der Waals surface area (Å²) in [5.74, 6) is -0.132. The summed E-state index contributed by atoms with van der Waals surface area (Å²) in [5, 5.41) is 2.61. The third kappa shape index (κ3) is 4.45. The lowest BCUT2D eigenvalue weighted by molar-refractivity contribution is -0.137. The predicted octanol–water partition coefficient (Wildman–Crippen LogP) is 1.47. The van der Waals surface area contributed by atoms with Crippen molar-refractivity contribution in [1.29, 1.82) is 0 Å². The van der Waals surface area contributed by atoms with Gasteiger partial charge in [0.05, 0.1) is 28.7 Å². The van der Waals surface area contributed by atoms with Gasteiger partial charge in [-0.15, -0.1) is 0 Å². The molecule has 0 saturated carbocycles. The van der Waals surface area contributed by atoms with Gasteiger partial charge >= 0.3 is 0 Å². The molecule has 0 aromatic carbocycles. The van der Waals surface area contributed by atoms with Crippen molar-refractivity contribution in [3.63, 3.8) is 0 Å². The van der Waals surface area contributed by atoms with Gasteiger partial charge in [0.2, 0.25) is 15.9 Å². The highest BCUT2D eigenvalue weighted by molar-refractivity contribution is 7.89. The van der Waals surface area contributed by atoms with Crippen LogP contribution in [0.1, 0.15) is 60.4 Å². The number of nitrogens with one attached hydrogen (secondary N) is 1. The molecule has 1 aromatic heterocycles. The van der Waals surface area contributed by atoms with Gasteiger partial charge in [0.1, 0.15) is 0 Å². The third-order valence-corrected chi connectivity index (χ3v) is 7.90. The molecule has 29 heavy (non-hydrogen) atoms. The van der Waals surface area contributed by atoms with Gasteiger partial charge in [-0.25, -0.2) is 12.7 Å². The zero-order chi connectivity index (χ0) is 21.2. The molecule has 8 nitrogen and oxygen atoms in total. The Kier molecular flexibility index (Phi) is 6.58. The second-order valence-electron chi connectivity index (χ2n) is 7.71. The van der Waals surface area contributed by atoms with Gasteiger partial charge in [-0.05, 0) is 51.7 Å². The number of amides is 2. The number of piperidine rings is 1. The summed E-state index contributed by atoms with van der Waals surface area (Å²) in [6, 6.07) is 3.52. The summed E-state index contributed by atoms with van der Waals surface area (Å²) < 4.78 is 25.6. The standard InChI is InChI=1S/C20H30N4O4S/c1-4-29(27,28)23-12-9-15(10-13-23)20(26)24-11-5-6-18(24)17-8-7-16(14(2)22-17)19(25)21-3/h7-8,15,18H,4-6,9-13H2,1-3H3,(H,21,25)/t18-/m0/s1. The minimum absolute atomic E-state index is 0.0858. The molecule has 160 valence electrons. The number of carbonyl (C=O) groups is 2. The van der Waals surface area contributed by atoms with E-state index in [9.17, 15) is 18.0 Å². The Hall–Kier alpha value is -2.00. The highest BCUT2D eigenvalue weighted by Gasteiger charge is 2.37. The molecule has 2 aliphatic rings. The number of likely N-dealkylation sites (tertiary alicyclic amines) is 1. The number of rotatable bonds is 5. The monoisotopic (exact) mass is 422 g/mol. The van der Waals surface area contributed by atoms with Gasteiger partial charge < -0.3 is 10.2 Å². The Morgan fingerprint density at radius 3 is 2.45 bits per heavy atom. The molecule has 0 spiro atoms. The molecule has 1 aromatic rings. The average molecular weight is 423 g/mol. The van der Waals surface area contributed by atoms with Crippen LogP contribution in [-0.2, 0) is 14.8 Å². The normalized spacial score (nSPS) is 21.3. The summed E-state index contributed by atoms with van der Waals surface area (Å²) in [4.78, 5) is 31.6. The number of hydrogen-bond donors (Lipinski definition) is 1. The van der Waals surface area contributed by atoms with E-state index >= 15 is 0 Å². The maximum atomic E-state index is 13.2. The molecule has 0 bridgehead atoms. The smallest absolute Gasteiger partial charge is 0.252 e. The van der Waals surface area contributed by atoms with E-state index in [0.29, 0.717) is 43.7 Å². The van der Waals surface area contributed by atoms with Crippen molar-refractivity contribution in [2.24, 2.45) is 5.92 Å². The predicted molar refractivity (Wildman–Crippen MR) is 110 cm³/mol. The van der Waals surface area contributed by atoms with Gasteiger partial charge in [0.15, 0.2) is 0 Å². The first-order chi connectivity index (χ1) is 13.8. The van der Waals surface area contributed by atoms with E-state index in [0.717, 1.165) is 18.5 Å². The topological polar surface area (TPSA) is 99.7 Å². The maximum absolute atomic E-state index is 13.2. The van der Waals surface area contributed by atoms with E-state index in [1.807, 2.05) is 11.0 Å². The van der Waals surface area contributed by atoms with Gasteiger partial charge in [-0.2, -0.15) is 0 Å². The number of nitrogens with zero attached hydrogens (tertiary/aromatic N) is 3. The lowest BCUT2D eigenvalue weighted by atomic mass is 9.96. The Balaban J connectivity index is 1.70. The molecule has 0 radical (unpaired) electrons. The van der Waals surface area contributed by atoms with Gasteiger partial charge in [0.25, 0.3) is 5.91 Å². The Morgan fingerprint density at radius 2 is 1.86 bits per heavy atom. The average Bonchev–Trinajstić information content (AvgIpc) is 3.22. The highest BCUT2D eigenvalue weighted by Crippen LogP contribution is 2.34.